The lowest BCUT2D eigenvalue weighted by molar-refractivity contribution is 0.387. The van der Waals surface area contributed by atoms with Crippen LogP contribution in [0, 0.1) is 5.92 Å². The third-order valence-electron chi connectivity index (χ3n) is 3.53. The number of hydrogen-bond donors (Lipinski definition) is 1. The van der Waals surface area contributed by atoms with E-state index in [0.29, 0.717) is 11.7 Å². The molecule has 1 aliphatic rings. The summed E-state index contributed by atoms with van der Waals surface area (Å²) in [5.41, 5.74) is 1.07. The van der Waals surface area contributed by atoms with Gasteiger partial charge in [0, 0.05) is 19.4 Å². The summed E-state index contributed by atoms with van der Waals surface area (Å²) in [6.45, 7) is 3.28. The molecule has 0 bridgehead atoms. The van der Waals surface area contributed by atoms with Crippen molar-refractivity contribution in [3.63, 3.8) is 0 Å². The highest BCUT2D eigenvalue weighted by Gasteiger charge is 2.19. The van der Waals surface area contributed by atoms with Crippen molar-refractivity contribution in [1.29, 1.82) is 0 Å². The van der Waals surface area contributed by atoms with E-state index in [4.69, 9.17) is 0 Å². The van der Waals surface area contributed by atoms with Gasteiger partial charge in [-0.1, -0.05) is 19.1 Å². The zero-order chi connectivity index (χ0) is 12.5. The minimum atomic E-state index is 0.305. The summed E-state index contributed by atoms with van der Waals surface area (Å²) in [5, 5.41) is 18.0. The van der Waals surface area contributed by atoms with Crippen LogP contribution < -0.4 is 0 Å². The maximum Gasteiger partial charge on any atom is 0.137 e. The lowest BCUT2D eigenvalue weighted by Crippen LogP contribution is -2.20. The fourth-order valence-corrected chi connectivity index (χ4v) is 2.53. The Morgan fingerprint density at radius 3 is 3.11 bits per heavy atom. The van der Waals surface area contributed by atoms with Crippen LogP contribution in [0.3, 0.4) is 0 Å². The van der Waals surface area contributed by atoms with Crippen LogP contribution in [0.4, 0.5) is 0 Å². The number of benzene rings is 1. The molecule has 0 spiro atoms. The van der Waals surface area contributed by atoms with Crippen molar-refractivity contribution >= 4 is 0 Å². The SMILES string of the molecule is CC1CCc2nnc(Cc3cccc(O)c3)n2C1. The van der Waals surface area contributed by atoms with E-state index >= 15 is 0 Å². The molecule has 1 aromatic carbocycles. The normalized spacial score (nSPS) is 18.6. The average molecular weight is 243 g/mol. The zero-order valence-electron chi connectivity index (χ0n) is 10.5. The van der Waals surface area contributed by atoms with Crippen LogP contribution in [0.15, 0.2) is 24.3 Å². The van der Waals surface area contributed by atoms with Crippen LogP contribution in [-0.2, 0) is 19.4 Å². The lowest BCUT2D eigenvalue weighted by atomic mass is 10.0. The Kier molecular flexibility index (Phi) is 2.78. The third-order valence-corrected chi connectivity index (χ3v) is 3.53. The molecule has 0 aliphatic carbocycles. The highest BCUT2D eigenvalue weighted by molar-refractivity contribution is 5.29. The summed E-state index contributed by atoms with van der Waals surface area (Å²) in [6.07, 6.45) is 2.95. The number of phenolic OH excluding ortho intramolecular Hbond substituents is 1. The first kappa shape index (κ1) is 11.3. The van der Waals surface area contributed by atoms with Gasteiger partial charge in [0.1, 0.15) is 17.4 Å². The standard InChI is InChI=1S/C14H17N3O/c1-10-5-6-13-15-16-14(17(13)9-10)8-11-3-2-4-12(18)7-11/h2-4,7,10,18H,5-6,8-9H2,1H3. The Balaban J connectivity index is 1.87. The number of aromatic hydroxyl groups is 1. The Hall–Kier alpha value is -1.84. The number of rotatable bonds is 2. The first-order valence-electron chi connectivity index (χ1n) is 6.41. The Labute approximate surface area is 106 Å². The molecule has 94 valence electrons. The largest absolute Gasteiger partial charge is 0.508 e. The minimum absolute atomic E-state index is 0.305. The van der Waals surface area contributed by atoms with E-state index in [0.717, 1.165) is 36.6 Å². The number of nitrogens with zero attached hydrogens (tertiary/aromatic N) is 3. The molecule has 4 nitrogen and oxygen atoms in total. The summed E-state index contributed by atoms with van der Waals surface area (Å²) in [4.78, 5) is 0. The van der Waals surface area contributed by atoms with Crippen LogP contribution in [0.2, 0.25) is 0 Å². The molecule has 1 N–H and O–H groups in total. The van der Waals surface area contributed by atoms with Crippen molar-refractivity contribution < 1.29 is 5.11 Å². The molecule has 1 unspecified atom stereocenters. The van der Waals surface area contributed by atoms with Gasteiger partial charge in [-0.05, 0) is 30.0 Å². The number of fused-ring (bicyclic) bond motifs is 1. The van der Waals surface area contributed by atoms with Crippen molar-refractivity contribution in [3.8, 4) is 5.75 Å². The predicted octanol–water partition coefficient (Wildman–Crippen LogP) is 2.16. The number of hydrogen-bond acceptors (Lipinski definition) is 3. The van der Waals surface area contributed by atoms with Gasteiger partial charge in [-0.25, -0.2) is 0 Å². The molecule has 3 rings (SSSR count). The Bertz CT molecular complexity index is 562. The fraction of sp³-hybridized carbons (Fsp3) is 0.429. The van der Waals surface area contributed by atoms with Crippen LogP contribution in [0.1, 0.15) is 30.6 Å². The van der Waals surface area contributed by atoms with Crippen molar-refractivity contribution in [1.82, 2.24) is 14.8 Å². The highest BCUT2D eigenvalue weighted by atomic mass is 16.3. The van der Waals surface area contributed by atoms with E-state index in [1.165, 1.54) is 6.42 Å². The van der Waals surface area contributed by atoms with E-state index < -0.39 is 0 Å². The van der Waals surface area contributed by atoms with Gasteiger partial charge in [0.15, 0.2) is 0 Å². The summed E-state index contributed by atoms with van der Waals surface area (Å²) in [7, 11) is 0. The third kappa shape index (κ3) is 2.10. The lowest BCUT2D eigenvalue weighted by Gasteiger charge is -2.20. The molecule has 2 aromatic rings. The quantitative estimate of drug-likeness (QED) is 0.879. The second-order valence-electron chi connectivity index (χ2n) is 5.13. The zero-order valence-corrected chi connectivity index (χ0v) is 10.5. The summed E-state index contributed by atoms with van der Waals surface area (Å²) >= 11 is 0. The predicted molar refractivity (Wildman–Crippen MR) is 68.4 cm³/mol. The van der Waals surface area contributed by atoms with Crippen molar-refractivity contribution in [2.24, 2.45) is 5.92 Å². The molecular weight excluding hydrogens is 226 g/mol. The van der Waals surface area contributed by atoms with Crippen molar-refractivity contribution in [3.05, 3.63) is 41.5 Å². The maximum absolute atomic E-state index is 9.48. The van der Waals surface area contributed by atoms with E-state index in [-0.39, 0.29) is 0 Å². The smallest absolute Gasteiger partial charge is 0.137 e. The highest BCUT2D eigenvalue weighted by Crippen LogP contribution is 2.21. The topological polar surface area (TPSA) is 50.9 Å². The first-order chi connectivity index (χ1) is 8.72. The molecule has 0 fully saturated rings. The number of aromatic nitrogens is 3. The van der Waals surface area contributed by atoms with Crippen LogP contribution in [-0.4, -0.2) is 19.9 Å². The molecule has 1 aliphatic heterocycles. The molecule has 1 atom stereocenters. The van der Waals surface area contributed by atoms with Crippen LogP contribution in [0.25, 0.3) is 0 Å². The summed E-state index contributed by atoms with van der Waals surface area (Å²) < 4.78 is 2.23. The van der Waals surface area contributed by atoms with Crippen molar-refractivity contribution in [2.45, 2.75) is 32.7 Å². The van der Waals surface area contributed by atoms with Crippen LogP contribution >= 0.6 is 0 Å². The molecule has 0 saturated heterocycles. The Morgan fingerprint density at radius 2 is 2.28 bits per heavy atom. The molecule has 18 heavy (non-hydrogen) atoms. The van der Waals surface area contributed by atoms with Gasteiger partial charge < -0.3 is 9.67 Å². The maximum atomic E-state index is 9.48. The minimum Gasteiger partial charge on any atom is -0.508 e. The van der Waals surface area contributed by atoms with Gasteiger partial charge in [0.2, 0.25) is 0 Å². The molecule has 0 amide bonds. The molecule has 1 aromatic heterocycles. The Morgan fingerprint density at radius 1 is 1.39 bits per heavy atom. The number of phenols is 1. The van der Waals surface area contributed by atoms with Crippen LogP contribution in [0.5, 0.6) is 5.75 Å². The van der Waals surface area contributed by atoms with E-state index in [2.05, 4.69) is 21.7 Å². The van der Waals surface area contributed by atoms with Gasteiger partial charge in [0.05, 0.1) is 0 Å². The second kappa shape index (κ2) is 4.44. The summed E-state index contributed by atoms with van der Waals surface area (Å²) in [6, 6.07) is 7.34. The molecule has 2 heterocycles. The molecule has 4 heteroatoms. The molecule has 0 radical (unpaired) electrons. The fourth-order valence-electron chi connectivity index (χ4n) is 2.53. The van der Waals surface area contributed by atoms with Gasteiger partial charge in [0.25, 0.3) is 0 Å². The van der Waals surface area contributed by atoms with E-state index in [1.807, 2.05) is 12.1 Å². The van der Waals surface area contributed by atoms with Crippen molar-refractivity contribution in [2.75, 3.05) is 0 Å². The van der Waals surface area contributed by atoms with E-state index in [1.54, 1.807) is 12.1 Å². The van der Waals surface area contributed by atoms with Gasteiger partial charge in [-0.2, -0.15) is 0 Å². The average Bonchev–Trinajstić information content (AvgIpc) is 2.72. The van der Waals surface area contributed by atoms with E-state index in [9.17, 15) is 5.11 Å². The van der Waals surface area contributed by atoms with Gasteiger partial charge in [-0.3, -0.25) is 0 Å². The monoisotopic (exact) mass is 243 g/mol. The first-order valence-corrected chi connectivity index (χ1v) is 6.41. The second-order valence-corrected chi connectivity index (χ2v) is 5.13. The molecule has 0 saturated carbocycles. The number of aryl methyl sites for hydroxylation is 1. The molecular formula is C14H17N3O. The van der Waals surface area contributed by atoms with Gasteiger partial charge in [-0.15, -0.1) is 10.2 Å². The van der Waals surface area contributed by atoms with Gasteiger partial charge >= 0.3 is 0 Å². The summed E-state index contributed by atoms with van der Waals surface area (Å²) in [5.74, 6) is 3.10.